The zero-order chi connectivity index (χ0) is 19.0. The van der Waals surface area contributed by atoms with Crippen LogP contribution in [0, 0.1) is 11.8 Å². The molecule has 7 nitrogen and oxygen atoms in total. The second-order valence-corrected chi connectivity index (χ2v) is 6.61. The number of aromatic amines is 1. The van der Waals surface area contributed by atoms with E-state index in [1.54, 1.807) is 20.3 Å². The molecule has 0 saturated heterocycles. The molecule has 2 unspecified atom stereocenters. The molecule has 7 heteroatoms. The maximum absolute atomic E-state index is 12.2. The van der Waals surface area contributed by atoms with Gasteiger partial charge in [-0.2, -0.15) is 0 Å². The molecule has 27 heavy (non-hydrogen) atoms. The van der Waals surface area contributed by atoms with Gasteiger partial charge in [-0.1, -0.05) is 6.07 Å². The molecule has 2 heterocycles. The van der Waals surface area contributed by atoms with Gasteiger partial charge in [0.1, 0.15) is 23.0 Å². The van der Waals surface area contributed by atoms with Gasteiger partial charge >= 0.3 is 0 Å². The number of aliphatic hydroxyl groups is 1. The van der Waals surface area contributed by atoms with E-state index < -0.39 is 0 Å². The molecule has 2 aromatic heterocycles. The predicted molar refractivity (Wildman–Crippen MR) is 102 cm³/mol. The van der Waals surface area contributed by atoms with Crippen molar-refractivity contribution in [2.24, 2.45) is 11.8 Å². The number of methoxy groups -OCH3 is 2. The van der Waals surface area contributed by atoms with E-state index >= 15 is 0 Å². The highest BCUT2D eigenvalue weighted by Gasteiger charge is 2.42. The summed E-state index contributed by atoms with van der Waals surface area (Å²) in [6.07, 6.45) is 2.58. The number of carbonyl (C=O) groups excluding carboxylic acids is 1. The number of aromatic nitrogens is 2. The Morgan fingerprint density at radius 3 is 2.63 bits per heavy atom. The van der Waals surface area contributed by atoms with Crippen molar-refractivity contribution in [1.29, 1.82) is 0 Å². The molecule has 3 aromatic rings. The van der Waals surface area contributed by atoms with Crippen LogP contribution < -0.4 is 14.8 Å². The first-order valence-corrected chi connectivity index (χ1v) is 8.77. The number of ether oxygens (including phenoxy) is 2. The maximum atomic E-state index is 12.2. The Hall–Kier alpha value is -3.06. The lowest BCUT2D eigenvalue weighted by Gasteiger charge is -2.12. The first-order chi connectivity index (χ1) is 13.2. The van der Waals surface area contributed by atoms with Crippen LogP contribution in [0.3, 0.4) is 0 Å². The Kier molecular flexibility index (Phi) is 4.45. The van der Waals surface area contributed by atoms with Crippen LogP contribution in [0.25, 0.3) is 22.2 Å². The van der Waals surface area contributed by atoms with E-state index in [1.807, 2.05) is 30.5 Å². The summed E-state index contributed by atoms with van der Waals surface area (Å²) in [5.74, 6) is 1.75. The van der Waals surface area contributed by atoms with Crippen LogP contribution in [-0.2, 0) is 4.79 Å². The number of fused-ring (bicyclic) bond motifs is 1. The molecular weight excluding hydrogens is 346 g/mol. The third-order valence-corrected chi connectivity index (χ3v) is 4.98. The van der Waals surface area contributed by atoms with Crippen molar-refractivity contribution in [3.63, 3.8) is 0 Å². The lowest BCUT2D eigenvalue weighted by molar-refractivity contribution is -0.117. The van der Waals surface area contributed by atoms with Crippen molar-refractivity contribution < 1.29 is 19.4 Å². The summed E-state index contributed by atoms with van der Waals surface area (Å²) in [6, 6.07) is 9.32. The van der Waals surface area contributed by atoms with Crippen LogP contribution in [0.2, 0.25) is 0 Å². The van der Waals surface area contributed by atoms with E-state index in [-0.39, 0.29) is 24.3 Å². The SMILES string of the molecule is COc1cccc(OC)c1-c1c[nH]c2nc(NC(=O)C3CC3CO)ccc12. The molecule has 1 saturated carbocycles. The van der Waals surface area contributed by atoms with E-state index in [1.165, 1.54) is 0 Å². The summed E-state index contributed by atoms with van der Waals surface area (Å²) in [6.45, 7) is 0.0469. The second kappa shape index (κ2) is 6.92. The van der Waals surface area contributed by atoms with Gasteiger partial charge in [-0.25, -0.2) is 4.98 Å². The van der Waals surface area contributed by atoms with Crippen LogP contribution >= 0.6 is 0 Å². The zero-order valence-corrected chi connectivity index (χ0v) is 15.2. The zero-order valence-electron chi connectivity index (χ0n) is 15.2. The molecule has 3 N–H and O–H groups in total. The molecule has 1 aliphatic rings. The van der Waals surface area contributed by atoms with Crippen molar-refractivity contribution in [3.8, 4) is 22.6 Å². The van der Waals surface area contributed by atoms with E-state index in [9.17, 15) is 4.79 Å². The summed E-state index contributed by atoms with van der Waals surface area (Å²) in [7, 11) is 3.24. The number of nitrogens with zero attached hydrogens (tertiary/aromatic N) is 1. The Balaban J connectivity index is 1.67. The van der Waals surface area contributed by atoms with Crippen molar-refractivity contribution in [1.82, 2.24) is 9.97 Å². The average molecular weight is 367 g/mol. The molecule has 0 aliphatic heterocycles. The molecule has 0 radical (unpaired) electrons. The molecule has 1 fully saturated rings. The third-order valence-electron chi connectivity index (χ3n) is 4.98. The van der Waals surface area contributed by atoms with Crippen LogP contribution in [-0.4, -0.2) is 41.8 Å². The van der Waals surface area contributed by atoms with Crippen molar-refractivity contribution >= 4 is 22.8 Å². The summed E-state index contributed by atoms with van der Waals surface area (Å²) in [5, 5.41) is 12.8. The fourth-order valence-corrected chi connectivity index (χ4v) is 3.39. The fourth-order valence-electron chi connectivity index (χ4n) is 3.39. The number of benzene rings is 1. The number of hydrogen-bond acceptors (Lipinski definition) is 5. The minimum absolute atomic E-state index is 0.0469. The van der Waals surface area contributed by atoms with E-state index in [4.69, 9.17) is 14.6 Å². The van der Waals surface area contributed by atoms with Gasteiger partial charge in [-0.3, -0.25) is 4.79 Å². The monoisotopic (exact) mass is 367 g/mol. The van der Waals surface area contributed by atoms with Gasteiger partial charge in [0.2, 0.25) is 5.91 Å². The van der Waals surface area contributed by atoms with Gasteiger partial charge in [0, 0.05) is 29.7 Å². The first-order valence-electron chi connectivity index (χ1n) is 8.77. The van der Waals surface area contributed by atoms with E-state index in [0.29, 0.717) is 23.0 Å². The number of carbonyl (C=O) groups is 1. The summed E-state index contributed by atoms with van der Waals surface area (Å²) in [4.78, 5) is 19.8. The van der Waals surface area contributed by atoms with Crippen molar-refractivity contribution in [3.05, 3.63) is 36.5 Å². The second-order valence-electron chi connectivity index (χ2n) is 6.61. The number of H-pyrrole nitrogens is 1. The quantitative estimate of drug-likeness (QED) is 0.623. The first kappa shape index (κ1) is 17.4. The highest BCUT2D eigenvalue weighted by atomic mass is 16.5. The van der Waals surface area contributed by atoms with E-state index in [2.05, 4.69) is 15.3 Å². The van der Waals surface area contributed by atoms with Gasteiger partial charge in [-0.05, 0) is 36.6 Å². The molecule has 4 rings (SSSR count). The van der Waals surface area contributed by atoms with Crippen LogP contribution in [0.1, 0.15) is 6.42 Å². The Morgan fingerprint density at radius 1 is 1.26 bits per heavy atom. The summed E-state index contributed by atoms with van der Waals surface area (Å²) >= 11 is 0. The number of anilines is 1. The fraction of sp³-hybridized carbons (Fsp3) is 0.300. The highest BCUT2D eigenvalue weighted by molar-refractivity contribution is 5.99. The van der Waals surface area contributed by atoms with Gasteiger partial charge in [0.05, 0.1) is 19.8 Å². The van der Waals surface area contributed by atoms with E-state index in [0.717, 1.165) is 22.9 Å². The van der Waals surface area contributed by atoms with Gasteiger partial charge in [0.15, 0.2) is 0 Å². The standard InChI is InChI=1S/C20H21N3O4/c1-26-15-4-3-5-16(27-2)18(15)14-9-21-19-12(14)6-7-17(22-19)23-20(25)13-8-11(13)10-24/h3-7,9,11,13,24H,8,10H2,1-2H3,(H2,21,22,23,25). The third kappa shape index (κ3) is 3.10. The number of amides is 1. The van der Waals surface area contributed by atoms with Gasteiger partial charge in [0.25, 0.3) is 0 Å². The largest absolute Gasteiger partial charge is 0.496 e. The number of hydrogen-bond donors (Lipinski definition) is 3. The lowest BCUT2D eigenvalue weighted by Crippen LogP contribution is -2.16. The highest BCUT2D eigenvalue weighted by Crippen LogP contribution is 2.42. The summed E-state index contributed by atoms with van der Waals surface area (Å²) in [5.41, 5.74) is 2.41. The minimum Gasteiger partial charge on any atom is -0.496 e. The molecule has 0 bridgehead atoms. The summed E-state index contributed by atoms with van der Waals surface area (Å²) < 4.78 is 11.0. The van der Waals surface area contributed by atoms with Crippen LogP contribution in [0.15, 0.2) is 36.5 Å². The van der Waals surface area contributed by atoms with Gasteiger partial charge in [-0.15, -0.1) is 0 Å². The molecule has 0 spiro atoms. The Morgan fingerprint density at radius 2 is 2.00 bits per heavy atom. The smallest absolute Gasteiger partial charge is 0.229 e. The predicted octanol–water partition coefficient (Wildman–Crippen LogP) is 2.81. The lowest BCUT2D eigenvalue weighted by atomic mass is 10.0. The topological polar surface area (TPSA) is 96.5 Å². The molecule has 1 aromatic carbocycles. The van der Waals surface area contributed by atoms with Crippen molar-refractivity contribution in [2.75, 3.05) is 26.1 Å². The maximum Gasteiger partial charge on any atom is 0.229 e. The molecular formula is C20H21N3O4. The minimum atomic E-state index is -0.121. The van der Waals surface area contributed by atoms with Crippen LogP contribution in [0.4, 0.5) is 5.82 Å². The molecule has 1 aliphatic carbocycles. The van der Waals surface area contributed by atoms with Crippen molar-refractivity contribution in [2.45, 2.75) is 6.42 Å². The number of rotatable bonds is 6. The Labute approximate surface area is 156 Å². The molecule has 2 atom stereocenters. The molecule has 1 amide bonds. The number of pyridine rings is 1. The Bertz CT molecular complexity index is 976. The van der Waals surface area contributed by atoms with Gasteiger partial charge < -0.3 is 24.9 Å². The number of aliphatic hydroxyl groups excluding tert-OH is 1. The normalized spacial score (nSPS) is 18.3. The van der Waals surface area contributed by atoms with Crippen LogP contribution in [0.5, 0.6) is 11.5 Å². The molecule has 140 valence electrons. The number of nitrogens with one attached hydrogen (secondary N) is 2. The average Bonchev–Trinajstić information content (AvgIpc) is 3.39.